The first-order chi connectivity index (χ1) is 13.5. The molecule has 0 aromatic heterocycles. The average Bonchev–Trinajstić information content (AvgIpc) is 3.14. The number of amides is 1. The third-order valence-electron chi connectivity index (χ3n) is 3.89. The monoisotopic (exact) mass is 403 g/mol. The van der Waals surface area contributed by atoms with Gasteiger partial charge in [-0.15, -0.1) is 0 Å². The number of esters is 1. The molecule has 1 N–H and O–H groups in total. The minimum atomic E-state index is -1.02. The lowest BCUT2D eigenvalue weighted by atomic mass is 10.2. The van der Waals surface area contributed by atoms with Gasteiger partial charge in [0, 0.05) is 11.1 Å². The number of rotatable bonds is 6. The predicted octanol–water partition coefficient (Wildman–Crippen LogP) is 3.66. The Labute approximate surface area is 166 Å². The van der Waals surface area contributed by atoms with Gasteiger partial charge in [0.15, 0.2) is 17.6 Å². The zero-order valence-corrected chi connectivity index (χ0v) is 16.0. The number of halogens is 1. The van der Waals surface area contributed by atoms with Gasteiger partial charge >= 0.3 is 5.97 Å². The van der Waals surface area contributed by atoms with E-state index in [0.29, 0.717) is 28.0 Å². The SMILES string of the molecule is COc1ccc(Cl)cc1NC(=O)C(C)OC(=O)/C=C/c1ccc2c(c1)OCO2. The first-order valence-corrected chi connectivity index (χ1v) is 8.77. The summed E-state index contributed by atoms with van der Waals surface area (Å²) in [7, 11) is 1.48. The molecule has 1 heterocycles. The van der Waals surface area contributed by atoms with E-state index in [-0.39, 0.29) is 6.79 Å². The molecule has 1 atom stereocenters. The van der Waals surface area contributed by atoms with Gasteiger partial charge < -0.3 is 24.3 Å². The van der Waals surface area contributed by atoms with Crippen molar-refractivity contribution < 1.29 is 28.5 Å². The molecule has 1 unspecified atom stereocenters. The van der Waals surface area contributed by atoms with E-state index in [1.165, 1.54) is 20.1 Å². The van der Waals surface area contributed by atoms with Crippen molar-refractivity contribution in [1.29, 1.82) is 0 Å². The summed E-state index contributed by atoms with van der Waals surface area (Å²) in [5.74, 6) is 0.544. The number of methoxy groups -OCH3 is 1. The van der Waals surface area contributed by atoms with E-state index >= 15 is 0 Å². The van der Waals surface area contributed by atoms with Crippen molar-refractivity contribution in [3.05, 3.63) is 53.1 Å². The maximum absolute atomic E-state index is 12.3. The van der Waals surface area contributed by atoms with Crippen molar-refractivity contribution in [1.82, 2.24) is 0 Å². The molecule has 0 fully saturated rings. The summed E-state index contributed by atoms with van der Waals surface area (Å²) in [4.78, 5) is 24.3. The van der Waals surface area contributed by atoms with E-state index in [1.807, 2.05) is 0 Å². The summed E-state index contributed by atoms with van der Waals surface area (Å²) >= 11 is 5.94. The number of nitrogens with one attached hydrogen (secondary N) is 1. The molecule has 0 saturated heterocycles. The highest BCUT2D eigenvalue weighted by Crippen LogP contribution is 2.32. The molecule has 2 aromatic rings. The normalized spacial score (nSPS) is 13.2. The van der Waals surface area contributed by atoms with Crippen LogP contribution in [0.3, 0.4) is 0 Å². The minimum Gasteiger partial charge on any atom is -0.495 e. The van der Waals surface area contributed by atoms with E-state index in [9.17, 15) is 9.59 Å². The molecule has 0 bridgehead atoms. The van der Waals surface area contributed by atoms with E-state index in [0.717, 1.165) is 5.56 Å². The number of anilines is 1. The zero-order chi connectivity index (χ0) is 20.1. The number of hydrogen-bond donors (Lipinski definition) is 1. The Hall–Kier alpha value is -3.19. The fraction of sp³-hybridized carbons (Fsp3) is 0.200. The van der Waals surface area contributed by atoms with Crippen LogP contribution in [0.15, 0.2) is 42.5 Å². The molecule has 0 radical (unpaired) electrons. The standard InChI is InChI=1S/C20H18ClNO6/c1-12(20(24)22-15-10-14(21)5-7-16(15)25-2)28-19(23)8-4-13-3-6-17-18(9-13)27-11-26-17/h3-10,12H,11H2,1-2H3,(H,22,24)/b8-4+. The molecule has 0 spiro atoms. The number of hydrogen-bond acceptors (Lipinski definition) is 6. The molecule has 8 heteroatoms. The van der Waals surface area contributed by atoms with Gasteiger partial charge in [0.2, 0.25) is 6.79 Å². The largest absolute Gasteiger partial charge is 0.495 e. The van der Waals surface area contributed by atoms with Crippen LogP contribution >= 0.6 is 11.6 Å². The molecule has 146 valence electrons. The van der Waals surface area contributed by atoms with Crippen LogP contribution in [-0.4, -0.2) is 31.9 Å². The van der Waals surface area contributed by atoms with Gasteiger partial charge in [-0.25, -0.2) is 4.79 Å². The second kappa shape index (κ2) is 8.67. The summed E-state index contributed by atoms with van der Waals surface area (Å²) in [5, 5.41) is 3.07. The lowest BCUT2D eigenvalue weighted by molar-refractivity contribution is -0.148. The van der Waals surface area contributed by atoms with Crippen LogP contribution < -0.4 is 19.5 Å². The molecule has 28 heavy (non-hydrogen) atoms. The molecule has 7 nitrogen and oxygen atoms in total. The van der Waals surface area contributed by atoms with Crippen molar-refractivity contribution in [2.45, 2.75) is 13.0 Å². The van der Waals surface area contributed by atoms with Crippen LogP contribution in [0.2, 0.25) is 5.02 Å². The molecule has 2 aromatic carbocycles. The molecule has 1 aliphatic heterocycles. The van der Waals surface area contributed by atoms with Crippen LogP contribution in [0.4, 0.5) is 5.69 Å². The summed E-state index contributed by atoms with van der Waals surface area (Å²) < 4.78 is 20.8. The van der Waals surface area contributed by atoms with Gasteiger partial charge in [-0.1, -0.05) is 17.7 Å². The van der Waals surface area contributed by atoms with E-state index < -0.39 is 18.0 Å². The summed E-state index contributed by atoms with van der Waals surface area (Å²) in [5.41, 5.74) is 1.13. The summed E-state index contributed by atoms with van der Waals surface area (Å²) in [6.07, 6.45) is 1.79. The number of fused-ring (bicyclic) bond motifs is 1. The van der Waals surface area contributed by atoms with Crippen molar-refractivity contribution >= 4 is 35.2 Å². The van der Waals surface area contributed by atoms with Gasteiger partial charge in [0.25, 0.3) is 5.91 Å². The Morgan fingerprint density at radius 3 is 2.75 bits per heavy atom. The first kappa shape index (κ1) is 19.6. The lowest BCUT2D eigenvalue weighted by Gasteiger charge is -2.14. The maximum atomic E-state index is 12.3. The van der Waals surface area contributed by atoms with Crippen molar-refractivity contribution in [2.24, 2.45) is 0 Å². The topological polar surface area (TPSA) is 83.1 Å². The van der Waals surface area contributed by atoms with Crippen molar-refractivity contribution in [2.75, 3.05) is 19.2 Å². The summed E-state index contributed by atoms with van der Waals surface area (Å²) in [6, 6.07) is 10.1. The Kier molecular flexibility index (Phi) is 6.06. The lowest BCUT2D eigenvalue weighted by Crippen LogP contribution is -2.29. The quantitative estimate of drug-likeness (QED) is 0.585. The van der Waals surface area contributed by atoms with Gasteiger partial charge in [-0.3, -0.25) is 4.79 Å². The fourth-order valence-electron chi connectivity index (χ4n) is 2.46. The Morgan fingerprint density at radius 2 is 1.96 bits per heavy atom. The summed E-state index contributed by atoms with van der Waals surface area (Å²) in [6.45, 7) is 1.65. The van der Waals surface area contributed by atoms with Crippen LogP contribution in [-0.2, 0) is 14.3 Å². The van der Waals surface area contributed by atoms with Crippen molar-refractivity contribution in [3.63, 3.8) is 0 Å². The molecule has 1 aliphatic rings. The Morgan fingerprint density at radius 1 is 1.18 bits per heavy atom. The second-order valence-electron chi connectivity index (χ2n) is 5.86. The fourth-order valence-corrected chi connectivity index (χ4v) is 2.63. The van der Waals surface area contributed by atoms with Crippen LogP contribution in [0.1, 0.15) is 12.5 Å². The highest BCUT2D eigenvalue weighted by Gasteiger charge is 2.18. The molecule has 1 amide bonds. The van der Waals surface area contributed by atoms with E-state index in [2.05, 4.69) is 5.32 Å². The predicted molar refractivity (Wildman–Crippen MR) is 104 cm³/mol. The number of benzene rings is 2. The van der Waals surface area contributed by atoms with Crippen LogP contribution in [0.25, 0.3) is 6.08 Å². The minimum absolute atomic E-state index is 0.175. The van der Waals surface area contributed by atoms with Crippen molar-refractivity contribution in [3.8, 4) is 17.2 Å². The van der Waals surface area contributed by atoms with E-state index in [1.54, 1.807) is 42.5 Å². The number of ether oxygens (including phenoxy) is 4. The smallest absolute Gasteiger partial charge is 0.331 e. The van der Waals surface area contributed by atoms with Gasteiger partial charge in [0.1, 0.15) is 5.75 Å². The second-order valence-corrected chi connectivity index (χ2v) is 6.30. The highest BCUT2D eigenvalue weighted by atomic mass is 35.5. The average molecular weight is 404 g/mol. The molecule has 0 saturated carbocycles. The van der Waals surface area contributed by atoms with Gasteiger partial charge in [0.05, 0.1) is 12.8 Å². The maximum Gasteiger partial charge on any atom is 0.331 e. The zero-order valence-electron chi connectivity index (χ0n) is 15.2. The number of carbonyl (C=O) groups is 2. The van der Waals surface area contributed by atoms with Gasteiger partial charge in [-0.05, 0) is 48.9 Å². The first-order valence-electron chi connectivity index (χ1n) is 8.39. The Bertz CT molecular complexity index is 927. The molecule has 3 rings (SSSR count). The molecular formula is C20H18ClNO6. The van der Waals surface area contributed by atoms with Crippen LogP contribution in [0.5, 0.6) is 17.2 Å². The van der Waals surface area contributed by atoms with Crippen LogP contribution in [0, 0.1) is 0 Å². The third kappa shape index (κ3) is 4.75. The highest BCUT2D eigenvalue weighted by molar-refractivity contribution is 6.31. The molecule has 0 aliphatic carbocycles. The number of carbonyl (C=O) groups excluding carboxylic acids is 2. The van der Waals surface area contributed by atoms with E-state index in [4.69, 9.17) is 30.5 Å². The van der Waals surface area contributed by atoms with Gasteiger partial charge in [-0.2, -0.15) is 0 Å². The molecular weight excluding hydrogens is 386 g/mol. The third-order valence-corrected chi connectivity index (χ3v) is 4.13. The Balaban J connectivity index is 1.58.